The molecule has 0 aliphatic rings. The van der Waals surface area contributed by atoms with Crippen LogP contribution in [-0.4, -0.2) is 13.1 Å². The molecule has 0 spiro atoms. The van der Waals surface area contributed by atoms with E-state index in [0.29, 0.717) is 5.92 Å². The SMILES string of the molecule is CCC(C#N)CNCCc1ccc(C(C)C)cc1. The maximum atomic E-state index is 8.83. The van der Waals surface area contributed by atoms with E-state index in [1.807, 2.05) is 0 Å². The first-order chi connectivity index (χ1) is 8.67. The molecule has 18 heavy (non-hydrogen) atoms. The van der Waals surface area contributed by atoms with Crippen molar-refractivity contribution in [2.45, 2.75) is 39.5 Å². The first-order valence-corrected chi connectivity index (χ1v) is 6.86. The minimum Gasteiger partial charge on any atom is -0.315 e. The lowest BCUT2D eigenvalue weighted by atomic mass is 10.0. The van der Waals surface area contributed by atoms with Crippen LogP contribution in [0.25, 0.3) is 0 Å². The standard InChI is InChI=1S/C16H24N2/c1-4-14(11-17)12-18-10-9-15-5-7-16(8-6-15)13(2)3/h5-8,13-14,18H,4,9-10,12H2,1-3H3. The van der Waals surface area contributed by atoms with Gasteiger partial charge in [0, 0.05) is 6.54 Å². The molecule has 0 aliphatic carbocycles. The molecule has 0 fully saturated rings. The molecule has 1 rings (SSSR count). The third-order valence-electron chi connectivity index (χ3n) is 3.30. The summed E-state index contributed by atoms with van der Waals surface area (Å²) >= 11 is 0. The van der Waals surface area contributed by atoms with Crippen LogP contribution in [0, 0.1) is 17.2 Å². The second-order valence-corrected chi connectivity index (χ2v) is 5.08. The maximum absolute atomic E-state index is 8.83. The van der Waals surface area contributed by atoms with Crippen LogP contribution >= 0.6 is 0 Å². The Kier molecular flexibility index (Phi) is 6.46. The molecule has 0 radical (unpaired) electrons. The zero-order valence-corrected chi connectivity index (χ0v) is 11.7. The molecule has 1 N–H and O–H groups in total. The number of hydrogen-bond donors (Lipinski definition) is 1. The van der Waals surface area contributed by atoms with Gasteiger partial charge >= 0.3 is 0 Å². The molecule has 1 atom stereocenters. The Morgan fingerprint density at radius 2 is 1.89 bits per heavy atom. The van der Waals surface area contributed by atoms with Crippen LogP contribution in [0.4, 0.5) is 0 Å². The third-order valence-corrected chi connectivity index (χ3v) is 3.30. The van der Waals surface area contributed by atoms with Crippen LogP contribution < -0.4 is 5.32 Å². The van der Waals surface area contributed by atoms with Gasteiger partial charge in [0.05, 0.1) is 12.0 Å². The summed E-state index contributed by atoms with van der Waals surface area (Å²) in [5.74, 6) is 0.742. The highest BCUT2D eigenvalue weighted by Gasteiger charge is 2.03. The largest absolute Gasteiger partial charge is 0.315 e. The fraction of sp³-hybridized carbons (Fsp3) is 0.562. The molecule has 0 aliphatic heterocycles. The van der Waals surface area contributed by atoms with Gasteiger partial charge in [-0.3, -0.25) is 0 Å². The van der Waals surface area contributed by atoms with E-state index in [1.54, 1.807) is 0 Å². The van der Waals surface area contributed by atoms with Crippen molar-refractivity contribution in [2.75, 3.05) is 13.1 Å². The van der Waals surface area contributed by atoms with Crippen molar-refractivity contribution in [3.63, 3.8) is 0 Å². The van der Waals surface area contributed by atoms with Crippen molar-refractivity contribution in [2.24, 2.45) is 5.92 Å². The first kappa shape index (κ1) is 14.7. The molecule has 0 saturated heterocycles. The number of benzene rings is 1. The molecule has 0 aromatic heterocycles. The quantitative estimate of drug-likeness (QED) is 0.745. The van der Waals surface area contributed by atoms with Gasteiger partial charge in [-0.25, -0.2) is 0 Å². The van der Waals surface area contributed by atoms with Gasteiger partial charge in [0.1, 0.15) is 0 Å². The second-order valence-electron chi connectivity index (χ2n) is 5.08. The Morgan fingerprint density at radius 3 is 2.39 bits per heavy atom. The van der Waals surface area contributed by atoms with Crippen molar-refractivity contribution >= 4 is 0 Å². The highest BCUT2D eigenvalue weighted by Crippen LogP contribution is 2.14. The monoisotopic (exact) mass is 244 g/mol. The first-order valence-electron chi connectivity index (χ1n) is 6.86. The number of nitriles is 1. The number of rotatable bonds is 7. The lowest BCUT2D eigenvalue weighted by Crippen LogP contribution is -2.23. The van der Waals surface area contributed by atoms with Crippen LogP contribution in [0.2, 0.25) is 0 Å². The van der Waals surface area contributed by atoms with E-state index < -0.39 is 0 Å². The molecule has 1 aromatic rings. The van der Waals surface area contributed by atoms with E-state index in [2.05, 4.69) is 56.4 Å². The van der Waals surface area contributed by atoms with Gasteiger partial charge in [-0.15, -0.1) is 0 Å². The van der Waals surface area contributed by atoms with Crippen molar-refractivity contribution in [3.05, 3.63) is 35.4 Å². The van der Waals surface area contributed by atoms with E-state index in [9.17, 15) is 0 Å². The lowest BCUT2D eigenvalue weighted by Gasteiger charge is -2.09. The average Bonchev–Trinajstić information content (AvgIpc) is 2.39. The Morgan fingerprint density at radius 1 is 1.22 bits per heavy atom. The highest BCUT2D eigenvalue weighted by atomic mass is 14.8. The fourth-order valence-corrected chi connectivity index (χ4v) is 1.86. The Hall–Kier alpha value is -1.33. The molecular weight excluding hydrogens is 220 g/mol. The number of nitrogens with zero attached hydrogens (tertiary/aromatic N) is 1. The normalized spacial score (nSPS) is 12.4. The van der Waals surface area contributed by atoms with Crippen LogP contribution in [-0.2, 0) is 6.42 Å². The summed E-state index contributed by atoms with van der Waals surface area (Å²) in [6.45, 7) is 8.23. The summed E-state index contributed by atoms with van der Waals surface area (Å²) in [5.41, 5.74) is 2.75. The molecule has 0 saturated carbocycles. The van der Waals surface area contributed by atoms with Crippen LogP contribution in [0.1, 0.15) is 44.2 Å². The van der Waals surface area contributed by atoms with E-state index in [0.717, 1.165) is 25.9 Å². The van der Waals surface area contributed by atoms with Crippen molar-refractivity contribution in [3.8, 4) is 6.07 Å². The predicted octanol–water partition coefficient (Wildman–Crippen LogP) is 3.49. The van der Waals surface area contributed by atoms with Gasteiger partial charge in [-0.2, -0.15) is 5.26 Å². The minimum atomic E-state index is 0.147. The highest BCUT2D eigenvalue weighted by molar-refractivity contribution is 5.24. The summed E-state index contributed by atoms with van der Waals surface area (Å²) in [6, 6.07) is 11.1. The van der Waals surface area contributed by atoms with Crippen LogP contribution in [0.15, 0.2) is 24.3 Å². The third kappa shape index (κ3) is 4.89. The van der Waals surface area contributed by atoms with Crippen molar-refractivity contribution in [1.82, 2.24) is 5.32 Å². The lowest BCUT2D eigenvalue weighted by molar-refractivity contribution is 0.555. The molecule has 0 bridgehead atoms. The molecular formula is C16H24N2. The van der Waals surface area contributed by atoms with Crippen LogP contribution in [0.3, 0.4) is 0 Å². The van der Waals surface area contributed by atoms with E-state index in [-0.39, 0.29) is 5.92 Å². The molecule has 0 heterocycles. The van der Waals surface area contributed by atoms with Crippen molar-refractivity contribution in [1.29, 1.82) is 5.26 Å². The van der Waals surface area contributed by atoms with Gasteiger partial charge in [-0.1, -0.05) is 45.0 Å². The Bertz CT molecular complexity index is 373. The molecule has 2 nitrogen and oxygen atoms in total. The predicted molar refractivity (Wildman–Crippen MR) is 76.5 cm³/mol. The minimum absolute atomic E-state index is 0.147. The van der Waals surface area contributed by atoms with E-state index in [1.165, 1.54) is 11.1 Å². The summed E-state index contributed by atoms with van der Waals surface area (Å²) in [6.07, 6.45) is 1.95. The summed E-state index contributed by atoms with van der Waals surface area (Å²) in [5, 5.41) is 12.2. The Balaban J connectivity index is 2.30. The van der Waals surface area contributed by atoms with Crippen LogP contribution in [0.5, 0.6) is 0 Å². The number of hydrogen-bond acceptors (Lipinski definition) is 2. The smallest absolute Gasteiger partial charge is 0.0669 e. The second kappa shape index (κ2) is 7.89. The maximum Gasteiger partial charge on any atom is 0.0669 e. The molecule has 1 unspecified atom stereocenters. The molecule has 2 heteroatoms. The van der Waals surface area contributed by atoms with Crippen molar-refractivity contribution < 1.29 is 0 Å². The molecule has 0 amide bonds. The topological polar surface area (TPSA) is 35.8 Å². The van der Waals surface area contributed by atoms with E-state index in [4.69, 9.17) is 5.26 Å². The summed E-state index contributed by atoms with van der Waals surface area (Å²) in [4.78, 5) is 0. The van der Waals surface area contributed by atoms with Gasteiger partial charge in [-0.05, 0) is 36.4 Å². The number of nitrogens with one attached hydrogen (secondary N) is 1. The fourth-order valence-electron chi connectivity index (χ4n) is 1.86. The average molecular weight is 244 g/mol. The van der Waals surface area contributed by atoms with Gasteiger partial charge in [0.15, 0.2) is 0 Å². The van der Waals surface area contributed by atoms with Gasteiger partial charge in [0.2, 0.25) is 0 Å². The zero-order chi connectivity index (χ0) is 13.4. The zero-order valence-electron chi connectivity index (χ0n) is 11.7. The Labute approximate surface area is 111 Å². The van der Waals surface area contributed by atoms with Gasteiger partial charge in [0.25, 0.3) is 0 Å². The molecule has 1 aromatic carbocycles. The van der Waals surface area contributed by atoms with Gasteiger partial charge < -0.3 is 5.32 Å². The molecule has 98 valence electrons. The summed E-state index contributed by atoms with van der Waals surface area (Å²) in [7, 11) is 0. The van der Waals surface area contributed by atoms with E-state index >= 15 is 0 Å². The summed E-state index contributed by atoms with van der Waals surface area (Å²) < 4.78 is 0.